The lowest BCUT2D eigenvalue weighted by molar-refractivity contribution is -0.177. The van der Waals surface area contributed by atoms with Crippen LogP contribution in [0.3, 0.4) is 0 Å². The molecule has 2 aliphatic carbocycles. The van der Waals surface area contributed by atoms with Gasteiger partial charge in [0.05, 0.1) is 18.8 Å². The molecule has 0 aromatic rings. The zero-order valence-corrected chi connectivity index (χ0v) is 13.7. The highest BCUT2D eigenvalue weighted by Gasteiger charge is 2.59. The van der Waals surface area contributed by atoms with Crippen LogP contribution in [0.1, 0.15) is 39.5 Å². The molecule has 3 rings (SSSR count). The van der Waals surface area contributed by atoms with Crippen LogP contribution in [0.5, 0.6) is 0 Å². The Balaban J connectivity index is 0.00000161. The zero-order chi connectivity index (χ0) is 14.2. The monoisotopic (exact) mass is 318 g/mol. The second-order valence-electron chi connectivity index (χ2n) is 6.34. The SMILES string of the molecule is CCOC1CC(NC(=O)[C@H]2NCCO[C@@H]2C)C12CCC2.Cl. The van der Waals surface area contributed by atoms with E-state index in [0.29, 0.717) is 12.7 Å². The van der Waals surface area contributed by atoms with Gasteiger partial charge in [0.1, 0.15) is 6.04 Å². The van der Waals surface area contributed by atoms with Crippen molar-refractivity contribution in [2.45, 2.75) is 63.8 Å². The molecule has 1 spiro atoms. The zero-order valence-electron chi connectivity index (χ0n) is 12.9. The van der Waals surface area contributed by atoms with E-state index < -0.39 is 0 Å². The number of morpholine rings is 1. The van der Waals surface area contributed by atoms with Crippen LogP contribution in [-0.4, -0.2) is 50.0 Å². The normalized spacial score (nSPS) is 37.0. The third-order valence-corrected chi connectivity index (χ3v) is 5.35. The molecule has 21 heavy (non-hydrogen) atoms. The second-order valence-corrected chi connectivity index (χ2v) is 6.34. The summed E-state index contributed by atoms with van der Waals surface area (Å²) in [6, 6.07) is 0.0725. The van der Waals surface area contributed by atoms with Crippen LogP contribution >= 0.6 is 12.4 Å². The molecule has 4 atom stereocenters. The molecule has 1 saturated heterocycles. The molecule has 2 unspecified atom stereocenters. The molecule has 0 aromatic heterocycles. The third kappa shape index (κ3) is 2.93. The predicted molar refractivity (Wildman–Crippen MR) is 82.7 cm³/mol. The molecule has 2 N–H and O–H groups in total. The van der Waals surface area contributed by atoms with Gasteiger partial charge in [0.15, 0.2) is 0 Å². The molecule has 122 valence electrons. The average molecular weight is 319 g/mol. The van der Waals surface area contributed by atoms with Crippen molar-refractivity contribution in [2.24, 2.45) is 5.41 Å². The predicted octanol–water partition coefficient (Wildman–Crippen LogP) is 1.25. The lowest BCUT2D eigenvalue weighted by Crippen LogP contribution is -2.69. The van der Waals surface area contributed by atoms with Gasteiger partial charge in [-0.05, 0) is 33.1 Å². The molecular weight excluding hydrogens is 292 g/mol. The fraction of sp³-hybridized carbons (Fsp3) is 0.933. The van der Waals surface area contributed by atoms with E-state index in [1.165, 1.54) is 19.3 Å². The Hall–Kier alpha value is -0.360. The largest absolute Gasteiger partial charge is 0.378 e. The minimum Gasteiger partial charge on any atom is -0.378 e. The molecule has 1 aliphatic heterocycles. The Morgan fingerprint density at radius 1 is 1.48 bits per heavy atom. The summed E-state index contributed by atoms with van der Waals surface area (Å²) in [5.74, 6) is 0.0865. The summed E-state index contributed by atoms with van der Waals surface area (Å²) >= 11 is 0. The molecule has 3 aliphatic rings. The van der Waals surface area contributed by atoms with Crippen LogP contribution in [-0.2, 0) is 14.3 Å². The van der Waals surface area contributed by atoms with Crippen LogP contribution in [0.15, 0.2) is 0 Å². The first kappa shape index (κ1) is 17.0. The van der Waals surface area contributed by atoms with Crippen molar-refractivity contribution < 1.29 is 14.3 Å². The van der Waals surface area contributed by atoms with Gasteiger partial charge in [-0.15, -0.1) is 12.4 Å². The number of carbonyl (C=O) groups excluding carboxylic acids is 1. The van der Waals surface area contributed by atoms with Gasteiger partial charge in [-0.25, -0.2) is 0 Å². The van der Waals surface area contributed by atoms with Crippen molar-refractivity contribution >= 4 is 18.3 Å². The van der Waals surface area contributed by atoms with Crippen molar-refractivity contribution in [2.75, 3.05) is 19.8 Å². The van der Waals surface area contributed by atoms with E-state index in [1.54, 1.807) is 0 Å². The number of rotatable bonds is 4. The molecule has 0 bridgehead atoms. The molecule has 3 fully saturated rings. The fourth-order valence-corrected chi connectivity index (χ4v) is 3.93. The summed E-state index contributed by atoms with van der Waals surface area (Å²) in [4.78, 5) is 12.4. The third-order valence-electron chi connectivity index (χ3n) is 5.35. The number of amides is 1. The van der Waals surface area contributed by atoms with E-state index in [4.69, 9.17) is 9.47 Å². The molecule has 2 saturated carbocycles. The minimum absolute atomic E-state index is 0. The first-order valence-corrected chi connectivity index (χ1v) is 7.94. The maximum Gasteiger partial charge on any atom is 0.240 e. The molecular formula is C15H27ClN2O3. The van der Waals surface area contributed by atoms with E-state index >= 15 is 0 Å². The van der Waals surface area contributed by atoms with Crippen LogP contribution < -0.4 is 10.6 Å². The molecule has 0 radical (unpaired) electrons. The number of hydrogen-bond acceptors (Lipinski definition) is 4. The number of carbonyl (C=O) groups is 1. The summed E-state index contributed by atoms with van der Waals surface area (Å²) in [7, 11) is 0. The quantitative estimate of drug-likeness (QED) is 0.819. The van der Waals surface area contributed by atoms with Gasteiger partial charge in [-0.1, -0.05) is 6.42 Å². The van der Waals surface area contributed by atoms with Gasteiger partial charge in [-0.3, -0.25) is 4.79 Å². The molecule has 1 amide bonds. The van der Waals surface area contributed by atoms with Crippen molar-refractivity contribution in [1.29, 1.82) is 0 Å². The highest BCUT2D eigenvalue weighted by atomic mass is 35.5. The molecule has 5 nitrogen and oxygen atoms in total. The first-order chi connectivity index (χ1) is 9.67. The Bertz CT molecular complexity index is 376. The smallest absolute Gasteiger partial charge is 0.240 e. The van der Waals surface area contributed by atoms with Gasteiger partial charge in [-0.2, -0.15) is 0 Å². The van der Waals surface area contributed by atoms with E-state index in [0.717, 1.165) is 19.6 Å². The lowest BCUT2D eigenvalue weighted by Gasteiger charge is -2.61. The Morgan fingerprint density at radius 3 is 2.81 bits per heavy atom. The Kier molecular flexibility index (Phi) is 5.52. The van der Waals surface area contributed by atoms with Crippen molar-refractivity contribution in [3.05, 3.63) is 0 Å². The lowest BCUT2D eigenvalue weighted by atomic mass is 9.51. The number of nitrogens with one attached hydrogen (secondary N) is 2. The van der Waals surface area contributed by atoms with E-state index in [9.17, 15) is 4.79 Å². The number of hydrogen-bond donors (Lipinski definition) is 2. The van der Waals surface area contributed by atoms with Gasteiger partial charge >= 0.3 is 0 Å². The van der Waals surface area contributed by atoms with Crippen molar-refractivity contribution in [3.63, 3.8) is 0 Å². The highest BCUT2D eigenvalue weighted by Crippen LogP contribution is 2.57. The van der Waals surface area contributed by atoms with Gasteiger partial charge in [0.2, 0.25) is 5.91 Å². The number of halogens is 1. The van der Waals surface area contributed by atoms with Gasteiger partial charge in [0, 0.05) is 24.6 Å². The summed E-state index contributed by atoms with van der Waals surface area (Å²) in [5, 5.41) is 6.49. The maximum atomic E-state index is 12.4. The summed E-state index contributed by atoms with van der Waals surface area (Å²) in [5.41, 5.74) is 0.227. The summed E-state index contributed by atoms with van der Waals surface area (Å²) < 4.78 is 11.4. The van der Waals surface area contributed by atoms with Gasteiger partial charge in [0.25, 0.3) is 0 Å². The second kappa shape index (κ2) is 6.82. The van der Waals surface area contributed by atoms with E-state index in [-0.39, 0.29) is 41.9 Å². The average Bonchev–Trinajstić information content (AvgIpc) is 2.35. The molecule has 6 heteroatoms. The van der Waals surface area contributed by atoms with Crippen molar-refractivity contribution in [1.82, 2.24) is 10.6 Å². The minimum atomic E-state index is -0.216. The topological polar surface area (TPSA) is 59.6 Å². The molecule has 0 aromatic carbocycles. The fourth-order valence-electron chi connectivity index (χ4n) is 3.93. The molecule has 1 heterocycles. The van der Waals surface area contributed by atoms with Crippen LogP contribution in [0.4, 0.5) is 0 Å². The Labute approximate surface area is 132 Å². The standard InChI is InChI=1S/C15H26N2O3.ClH/c1-3-19-12-9-11(15(12)5-4-6-15)17-14(18)13-10(2)20-8-7-16-13;/h10-13,16H,3-9H2,1-2H3,(H,17,18);1H/t10-,11?,12?,13+;/m1./s1. The number of ether oxygens (including phenoxy) is 2. The summed E-state index contributed by atoms with van der Waals surface area (Å²) in [6.07, 6.45) is 4.89. The van der Waals surface area contributed by atoms with Crippen LogP contribution in [0, 0.1) is 5.41 Å². The maximum absolute atomic E-state index is 12.4. The van der Waals surface area contributed by atoms with Crippen molar-refractivity contribution in [3.8, 4) is 0 Å². The summed E-state index contributed by atoms with van der Waals surface area (Å²) in [6.45, 7) is 6.20. The highest BCUT2D eigenvalue weighted by molar-refractivity contribution is 5.85. The first-order valence-electron chi connectivity index (χ1n) is 7.94. The van der Waals surface area contributed by atoms with Crippen LogP contribution in [0.2, 0.25) is 0 Å². The van der Waals surface area contributed by atoms with E-state index in [1.807, 2.05) is 13.8 Å². The van der Waals surface area contributed by atoms with Gasteiger partial charge < -0.3 is 20.1 Å². The van der Waals surface area contributed by atoms with E-state index in [2.05, 4.69) is 10.6 Å². The van der Waals surface area contributed by atoms with Crippen LogP contribution in [0.25, 0.3) is 0 Å². The Morgan fingerprint density at radius 2 is 2.24 bits per heavy atom.